The molecule has 0 bridgehead atoms. The number of nitrogens with one attached hydrogen (secondary N) is 1. The topological polar surface area (TPSA) is 72.3 Å². The molecule has 20 heavy (non-hydrogen) atoms. The zero-order valence-electron chi connectivity index (χ0n) is 10.5. The first kappa shape index (κ1) is 11.4. The Morgan fingerprint density at radius 3 is 2.85 bits per heavy atom. The van der Waals surface area contributed by atoms with E-state index in [1.54, 1.807) is 17.8 Å². The zero-order chi connectivity index (χ0) is 13.7. The lowest BCUT2D eigenvalue weighted by Gasteiger charge is -1.99. The first-order chi connectivity index (χ1) is 9.72. The molecule has 7 heteroatoms. The Bertz CT molecular complexity index is 905. The number of hydrogen-bond donors (Lipinski definition) is 1. The SMILES string of the molecule is Cc1nc(Cl)c2cnn(-c3nc4ccccc4[nH]3)c2n1. The second kappa shape index (κ2) is 4.01. The molecule has 3 heterocycles. The van der Waals surface area contributed by atoms with Crippen LogP contribution in [0.1, 0.15) is 5.82 Å². The number of imidazole rings is 1. The molecule has 0 spiro atoms. The Morgan fingerprint density at radius 1 is 1.15 bits per heavy atom. The van der Waals surface area contributed by atoms with Gasteiger partial charge < -0.3 is 4.98 Å². The molecule has 1 aromatic carbocycles. The predicted molar refractivity (Wildman–Crippen MR) is 76.1 cm³/mol. The summed E-state index contributed by atoms with van der Waals surface area (Å²) >= 11 is 6.11. The standard InChI is InChI=1S/C13H9ClN6/c1-7-16-11(14)8-6-15-20(12(8)17-7)13-18-9-4-2-3-5-10(9)19-13/h2-6H,1H3,(H,18,19). The summed E-state index contributed by atoms with van der Waals surface area (Å²) in [5, 5.41) is 5.40. The molecule has 98 valence electrons. The third-order valence-electron chi connectivity index (χ3n) is 3.07. The maximum Gasteiger partial charge on any atom is 0.231 e. The number of benzene rings is 1. The monoisotopic (exact) mass is 284 g/mol. The first-order valence-corrected chi connectivity index (χ1v) is 6.43. The molecule has 0 radical (unpaired) electrons. The normalized spacial score (nSPS) is 11.5. The molecule has 0 aliphatic rings. The maximum atomic E-state index is 6.11. The van der Waals surface area contributed by atoms with Crippen molar-refractivity contribution in [3.8, 4) is 5.95 Å². The Labute approximate surface area is 118 Å². The van der Waals surface area contributed by atoms with Gasteiger partial charge in [0, 0.05) is 0 Å². The number of para-hydroxylation sites is 2. The van der Waals surface area contributed by atoms with Gasteiger partial charge in [0.15, 0.2) is 5.65 Å². The number of fused-ring (bicyclic) bond motifs is 2. The van der Waals surface area contributed by atoms with Gasteiger partial charge in [-0.05, 0) is 19.1 Å². The Balaban J connectivity index is 2.02. The van der Waals surface area contributed by atoms with Crippen LogP contribution >= 0.6 is 11.6 Å². The highest BCUT2D eigenvalue weighted by atomic mass is 35.5. The lowest BCUT2D eigenvalue weighted by Crippen LogP contribution is -2.01. The number of H-pyrrole nitrogens is 1. The van der Waals surface area contributed by atoms with Crippen molar-refractivity contribution in [1.29, 1.82) is 0 Å². The number of rotatable bonds is 1. The summed E-state index contributed by atoms with van der Waals surface area (Å²) in [6, 6.07) is 7.80. The molecule has 6 nitrogen and oxygen atoms in total. The molecule has 1 N–H and O–H groups in total. The van der Waals surface area contributed by atoms with Gasteiger partial charge in [0.2, 0.25) is 5.95 Å². The lowest BCUT2D eigenvalue weighted by atomic mass is 10.3. The van der Waals surface area contributed by atoms with Gasteiger partial charge in [0.1, 0.15) is 11.0 Å². The van der Waals surface area contributed by atoms with Crippen LogP contribution < -0.4 is 0 Å². The average Bonchev–Trinajstić information content (AvgIpc) is 3.00. The highest BCUT2D eigenvalue weighted by Gasteiger charge is 2.13. The van der Waals surface area contributed by atoms with Gasteiger partial charge in [-0.3, -0.25) is 0 Å². The molecule has 0 saturated heterocycles. The molecule has 0 unspecified atom stereocenters. The van der Waals surface area contributed by atoms with Gasteiger partial charge >= 0.3 is 0 Å². The van der Waals surface area contributed by atoms with E-state index < -0.39 is 0 Å². The molecular formula is C13H9ClN6. The lowest BCUT2D eigenvalue weighted by molar-refractivity contribution is 0.840. The third kappa shape index (κ3) is 1.58. The van der Waals surface area contributed by atoms with Crippen LogP contribution in [0.15, 0.2) is 30.5 Å². The largest absolute Gasteiger partial charge is 0.322 e. The minimum absolute atomic E-state index is 0.398. The van der Waals surface area contributed by atoms with E-state index in [-0.39, 0.29) is 0 Å². The second-order valence-electron chi connectivity index (χ2n) is 4.43. The first-order valence-electron chi connectivity index (χ1n) is 6.05. The summed E-state index contributed by atoms with van der Waals surface area (Å²) in [6.07, 6.45) is 1.64. The van der Waals surface area contributed by atoms with E-state index in [9.17, 15) is 0 Å². The summed E-state index contributed by atoms with van der Waals surface area (Å²) in [5.41, 5.74) is 2.47. The molecule has 0 aliphatic heterocycles. The smallest absolute Gasteiger partial charge is 0.231 e. The maximum absolute atomic E-state index is 6.11. The summed E-state index contributed by atoms with van der Waals surface area (Å²) in [7, 11) is 0. The third-order valence-corrected chi connectivity index (χ3v) is 3.36. The van der Waals surface area contributed by atoms with Crippen molar-refractivity contribution in [1.82, 2.24) is 29.7 Å². The van der Waals surface area contributed by atoms with Crippen molar-refractivity contribution < 1.29 is 0 Å². The Morgan fingerprint density at radius 2 is 2.00 bits per heavy atom. The molecule has 0 saturated carbocycles. The van der Waals surface area contributed by atoms with E-state index in [0.29, 0.717) is 28.0 Å². The van der Waals surface area contributed by atoms with Crippen molar-refractivity contribution in [2.45, 2.75) is 6.92 Å². The number of aryl methyl sites for hydroxylation is 1. The quantitative estimate of drug-likeness (QED) is 0.545. The molecule has 0 amide bonds. The van der Waals surface area contributed by atoms with Crippen LogP contribution in [0.4, 0.5) is 0 Å². The average molecular weight is 285 g/mol. The second-order valence-corrected chi connectivity index (χ2v) is 4.79. The highest BCUT2D eigenvalue weighted by Crippen LogP contribution is 2.22. The number of nitrogens with zero attached hydrogens (tertiary/aromatic N) is 5. The number of hydrogen-bond acceptors (Lipinski definition) is 4. The van der Waals surface area contributed by atoms with Crippen molar-refractivity contribution in [2.24, 2.45) is 0 Å². The van der Waals surface area contributed by atoms with Crippen molar-refractivity contribution >= 4 is 33.7 Å². The van der Waals surface area contributed by atoms with E-state index in [4.69, 9.17) is 11.6 Å². The van der Waals surface area contributed by atoms with E-state index in [1.165, 1.54) is 0 Å². The minimum atomic E-state index is 0.398. The van der Waals surface area contributed by atoms with Crippen LogP contribution in [0.5, 0.6) is 0 Å². The van der Waals surface area contributed by atoms with E-state index >= 15 is 0 Å². The van der Waals surface area contributed by atoms with Crippen LogP contribution in [-0.2, 0) is 0 Å². The van der Waals surface area contributed by atoms with E-state index in [0.717, 1.165) is 11.0 Å². The van der Waals surface area contributed by atoms with Crippen LogP contribution in [0.3, 0.4) is 0 Å². The minimum Gasteiger partial charge on any atom is -0.322 e. The van der Waals surface area contributed by atoms with Crippen molar-refractivity contribution in [3.63, 3.8) is 0 Å². The number of aromatic nitrogens is 6. The van der Waals surface area contributed by atoms with Gasteiger partial charge in [-0.15, -0.1) is 0 Å². The van der Waals surface area contributed by atoms with Gasteiger partial charge in [-0.25, -0.2) is 15.0 Å². The summed E-state index contributed by atoms with van der Waals surface area (Å²) < 4.78 is 1.63. The number of halogens is 1. The van der Waals surface area contributed by atoms with Gasteiger partial charge in [-0.1, -0.05) is 23.7 Å². The molecule has 0 atom stereocenters. The fourth-order valence-electron chi connectivity index (χ4n) is 2.17. The van der Waals surface area contributed by atoms with Crippen LogP contribution in [0.25, 0.3) is 28.0 Å². The molecular weight excluding hydrogens is 276 g/mol. The van der Waals surface area contributed by atoms with E-state index in [1.807, 2.05) is 24.3 Å². The fraction of sp³-hybridized carbons (Fsp3) is 0.0769. The fourth-order valence-corrected chi connectivity index (χ4v) is 2.43. The highest BCUT2D eigenvalue weighted by molar-refractivity contribution is 6.33. The van der Waals surface area contributed by atoms with Crippen molar-refractivity contribution in [2.75, 3.05) is 0 Å². The van der Waals surface area contributed by atoms with E-state index in [2.05, 4.69) is 25.0 Å². The van der Waals surface area contributed by atoms with Gasteiger partial charge in [0.25, 0.3) is 0 Å². The van der Waals surface area contributed by atoms with Gasteiger partial charge in [-0.2, -0.15) is 9.78 Å². The molecule has 4 rings (SSSR count). The summed E-state index contributed by atoms with van der Waals surface area (Å²) in [4.78, 5) is 16.2. The van der Waals surface area contributed by atoms with Crippen molar-refractivity contribution in [3.05, 3.63) is 41.4 Å². The molecule has 0 aliphatic carbocycles. The molecule has 4 aromatic rings. The van der Waals surface area contributed by atoms with Crippen LogP contribution in [-0.4, -0.2) is 29.7 Å². The summed E-state index contributed by atoms with van der Waals surface area (Å²) in [6.45, 7) is 1.79. The predicted octanol–water partition coefficient (Wildman–Crippen LogP) is 2.65. The Hall–Kier alpha value is -2.47. The zero-order valence-corrected chi connectivity index (χ0v) is 11.3. The van der Waals surface area contributed by atoms with Gasteiger partial charge in [0.05, 0.1) is 22.6 Å². The van der Waals surface area contributed by atoms with Crippen LogP contribution in [0, 0.1) is 6.92 Å². The number of aromatic amines is 1. The Kier molecular flexibility index (Phi) is 2.28. The summed E-state index contributed by atoms with van der Waals surface area (Å²) in [5.74, 6) is 1.20. The molecule has 3 aromatic heterocycles. The van der Waals surface area contributed by atoms with Crippen LogP contribution in [0.2, 0.25) is 5.15 Å². The molecule has 0 fully saturated rings.